The Balaban J connectivity index is 1.92. The maximum Gasteiger partial charge on any atom is 0.169 e. The van der Waals surface area contributed by atoms with Crippen LogP contribution in [0, 0.1) is 5.82 Å². The van der Waals surface area contributed by atoms with Gasteiger partial charge in [0.1, 0.15) is 5.02 Å². The Bertz CT molecular complexity index is 508. The van der Waals surface area contributed by atoms with Crippen molar-refractivity contribution in [1.82, 2.24) is 4.90 Å². The Morgan fingerprint density at radius 2 is 2.00 bits per heavy atom. The third-order valence-electron chi connectivity index (χ3n) is 4.14. The van der Waals surface area contributed by atoms with Crippen LogP contribution in [0.15, 0.2) is 6.07 Å². The lowest BCUT2D eigenvalue weighted by molar-refractivity contribution is 0.230. The molecule has 4 N–H and O–H groups in total. The van der Waals surface area contributed by atoms with Crippen LogP contribution in [0.3, 0.4) is 0 Å². The van der Waals surface area contributed by atoms with Crippen molar-refractivity contribution in [3.63, 3.8) is 0 Å². The number of halogens is 2. The van der Waals surface area contributed by atoms with Gasteiger partial charge in [-0.05, 0) is 25.5 Å². The van der Waals surface area contributed by atoms with Crippen molar-refractivity contribution in [1.29, 1.82) is 0 Å². The number of nitrogens with zero attached hydrogens (tertiary/aromatic N) is 2. The number of hydrogen-bond acceptors (Lipinski definition) is 4. The van der Waals surface area contributed by atoms with Gasteiger partial charge in [0.15, 0.2) is 5.82 Å². The van der Waals surface area contributed by atoms with Crippen molar-refractivity contribution in [3.05, 3.63) is 16.9 Å². The van der Waals surface area contributed by atoms with Crippen molar-refractivity contribution in [2.24, 2.45) is 0 Å². The number of rotatable bonds is 1. The van der Waals surface area contributed by atoms with E-state index >= 15 is 0 Å². The maximum atomic E-state index is 14.3. The van der Waals surface area contributed by atoms with Gasteiger partial charge >= 0.3 is 0 Å². The summed E-state index contributed by atoms with van der Waals surface area (Å²) in [4.78, 5) is 4.46. The highest BCUT2D eigenvalue weighted by molar-refractivity contribution is 6.33. The SMILES string of the molecule is Nc1cc(N)c(N2CCN3CCCC3C2)c(F)c1Cl. The predicted octanol–water partition coefficient (Wildman–Crippen LogP) is 1.93. The molecule has 4 nitrogen and oxygen atoms in total. The first kappa shape index (κ1) is 12.8. The van der Waals surface area contributed by atoms with E-state index in [1.165, 1.54) is 12.8 Å². The normalized spacial score (nSPS) is 23.7. The van der Waals surface area contributed by atoms with Crippen LogP contribution in [0.25, 0.3) is 0 Å². The average molecular weight is 285 g/mol. The third-order valence-corrected chi connectivity index (χ3v) is 4.53. The molecule has 2 heterocycles. The summed E-state index contributed by atoms with van der Waals surface area (Å²) in [6.07, 6.45) is 2.39. The standard InChI is InChI=1S/C13H18ClFN4/c14-11-9(16)6-10(17)13(12(11)15)19-5-4-18-3-1-2-8(18)7-19/h6,8H,1-5,7,16-17H2. The first-order valence-corrected chi connectivity index (χ1v) is 6.97. The first-order chi connectivity index (χ1) is 9.08. The van der Waals surface area contributed by atoms with Crippen LogP contribution in [-0.4, -0.2) is 37.1 Å². The van der Waals surface area contributed by atoms with E-state index in [2.05, 4.69) is 4.90 Å². The van der Waals surface area contributed by atoms with E-state index in [9.17, 15) is 4.39 Å². The highest BCUT2D eigenvalue weighted by Crippen LogP contribution is 2.37. The van der Waals surface area contributed by atoms with Crippen LogP contribution in [0.4, 0.5) is 21.5 Å². The number of nitrogen functional groups attached to an aromatic ring is 2. The molecule has 2 saturated heterocycles. The molecular weight excluding hydrogens is 267 g/mol. The lowest BCUT2D eigenvalue weighted by atomic mass is 10.1. The van der Waals surface area contributed by atoms with Crippen LogP contribution < -0.4 is 16.4 Å². The number of anilines is 3. The maximum absolute atomic E-state index is 14.3. The Labute approximate surface area is 117 Å². The average Bonchev–Trinajstić information content (AvgIpc) is 2.83. The molecular formula is C13H18ClFN4. The number of fused-ring (bicyclic) bond motifs is 1. The van der Waals surface area contributed by atoms with Gasteiger partial charge in [0, 0.05) is 25.7 Å². The van der Waals surface area contributed by atoms with Gasteiger partial charge in [0.05, 0.1) is 17.1 Å². The van der Waals surface area contributed by atoms with Gasteiger partial charge < -0.3 is 16.4 Å². The number of nitrogens with two attached hydrogens (primary N) is 2. The number of hydrogen-bond donors (Lipinski definition) is 2. The lowest BCUT2D eigenvalue weighted by Crippen LogP contribution is -2.50. The van der Waals surface area contributed by atoms with Crippen LogP contribution in [0.5, 0.6) is 0 Å². The molecule has 1 aromatic rings. The highest BCUT2D eigenvalue weighted by Gasteiger charge is 2.32. The summed E-state index contributed by atoms with van der Waals surface area (Å²) in [5.74, 6) is -0.495. The van der Waals surface area contributed by atoms with Crippen LogP contribution in [0.1, 0.15) is 12.8 Å². The number of piperazine rings is 1. The van der Waals surface area contributed by atoms with Crippen molar-refractivity contribution in [2.75, 3.05) is 42.5 Å². The molecule has 0 radical (unpaired) electrons. The van der Waals surface area contributed by atoms with Gasteiger partial charge in [-0.15, -0.1) is 0 Å². The van der Waals surface area contributed by atoms with Gasteiger partial charge in [-0.25, -0.2) is 4.39 Å². The zero-order chi connectivity index (χ0) is 13.6. The second-order valence-corrected chi connectivity index (χ2v) is 5.69. The van der Waals surface area contributed by atoms with Crippen molar-refractivity contribution in [3.8, 4) is 0 Å². The van der Waals surface area contributed by atoms with E-state index in [0.29, 0.717) is 17.4 Å². The third kappa shape index (κ3) is 2.11. The minimum Gasteiger partial charge on any atom is -0.397 e. The summed E-state index contributed by atoms with van der Waals surface area (Å²) in [5, 5.41) is -0.0296. The topological polar surface area (TPSA) is 58.5 Å². The van der Waals surface area contributed by atoms with Gasteiger partial charge in [-0.2, -0.15) is 0 Å². The quantitative estimate of drug-likeness (QED) is 0.774. The lowest BCUT2D eigenvalue weighted by Gasteiger charge is -2.39. The summed E-state index contributed by atoms with van der Waals surface area (Å²) in [6.45, 7) is 3.68. The van der Waals surface area contributed by atoms with Crippen molar-refractivity contribution >= 4 is 28.7 Å². The minimum atomic E-state index is -0.495. The van der Waals surface area contributed by atoms with Crippen molar-refractivity contribution < 1.29 is 4.39 Å². The first-order valence-electron chi connectivity index (χ1n) is 6.60. The molecule has 2 aliphatic rings. The van der Waals surface area contributed by atoms with Crippen molar-refractivity contribution in [2.45, 2.75) is 18.9 Å². The molecule has 19 heavy (non-hydrogen) atoms. The van der Waals surface area contributed by atoms with Crippen LogP contribution in [-0.2, 0) is 0 Å². The fraction of sp³-hybridized carbons (Fsp3) is 0.538. The van der Waals surface area contributed by atoms with E-state index < -0.39 is 5.82 Å². The van der Waals surface area contributed by atoms with E-state index in [4.69, 9.17) is 23.1 Å². The Hall–Kier alpha value is -1.20. The summed E-state index contributed by atoms with van der Waals surface area (Å²) in [7, 11) is 0. The monoisotopic (exact) mass is 284 g/mol. The molecule has 6 heteroatoms. The van der Waals surface area contributed by atoms with E-state index in [0.717, 1.165) is 26.2 Å². The predicted molar refractivity (Wildman–Crippen MR) is 77.0 cm³/mol. The highest BCUT2D eigenvalue weighted by atomic mass is 35.5. The zero-order valence-electron chi connectivity index (χ0n) is 10.7. The van der Waals surface area contributed by atoms with E-state index in [-0.39, 0.29) is 10.7 Å². The molecule has 3 rings (SSSR count). The van der Waals surface area contributed by atoms with Gasteiger partial charge in [0.2, 0.25) is 0 Å². The molecule has 2 fully saturated rings. The zero-order valence-corrected chi connectivity index (χ0v) is 11.5. The molecule has 0 amide bonds. The Morgan fingerprint density at radius 3 is 2.79 bits per heavy atom. The van der Waals surface area contributed by atoms with Gasteiger partial charge in [-0.1, -0.05) is 11.6 Å². The molecule has 1 aromatic carbocycles. The molecule has 2 aliphatic heterocycles. The fourth-order valence-corrected chi connectivity index (χ4v) is 3.32. The molecule has 0 saturated carbocycles. The Kier molecular flexibility index (Phi) is 3.19. The van der Waals surface area contributed by atoms with Crippen LogP contribution in [0.2, 0.25) is 5.02 Å². The molecule has 0 bridgehead atoms. The van der Waals surface area contributed by atoms with Crippen LogP contribution >= 0.6 is 11.6 Å². The summed E-state index contributed by atoms with van der Waals surface area (Å²) < 4.78 is 14.3. The van der Waals surface area contributed by atoms with Gasteiger partial charge in [0.25, 0.3) is 0 Å². The summed E-state index contributed by atoms with van der Waals surface area (Å²) >= 11 is 5.89. The molecule has 1 unspecified atom stereocenters. The molecule has 0 aliphatic carbocycles. The fourth-order valence-electron chi connectivity index (χ4n) is 3.17. The molecule has 104 valence electrons. The van der Waals surface area contributed by atoms with E-state index in [1.54, 1.807) is 6.07 Å². The van der Waals surface area contributed by atoms with E-state index in [1.807, 2.05) is 4.90 Å². The summed E-state index contributed by atoms with van der Waals surface area (Å²) in [5.41, 5.74) is 12.5. The minimum absolute atomic E-state index is 0.0296. The molecule has 0 aromatic heterocycles. The Morgan fingerprint density at radius 1 is 1.21 bits per heavy atom. The smallest absolute Gasteiger partial charge is 0.169 e. The second-order valence-electron chi connectivity index (χ2n) is 5.31. The largest absolute Gasteiger partial charge is 0.397 e. The molecule has 1 atom stereocenters. The van der Waals surface area contributed by atoms with Gasteiger partial charge in [-0.3, -0.25) is 4.90 Å². The number of benzene rings is 1. The summed E-state index contributed by atoms with van der Waals surface area (Å²) in [6, 6.07) is 2.05. The molecule has 0 spiro atoms. The second kappa shape index (κ2) is 4.72.